The highest BCUT2D eigenvalue weighted by molar-refractivity contribution is 6.32. The van der Waals surface area contributed by atoms with E-state index < -0.39 is 0 Å². The molecule has 1 aliphatic rings. The van der Waals surface area contributed by atoms with Gasteiger partial charge < -0.3 is 4.57 Å². The Morgan fingerprint density at radius 3 is 1.49 bits per heavy atom. The van der Waals surface area contributed by atoms with Gasteiger partial charge in [-0.2, -0.15) is 0 Å². The molecule has 0 atom stereocenters. The Balaban J connectivity index is 1.17. The third-order valence-corrected chi connectivity index (χ3v) is 12.9. The largest absolute Gasteiger partial charge is 0.309 e. The zero-order valence-corrected chi connectivity index (χ0v) is 33.9. The highest BCUT2D eigenvalue weighted by Crippen LogP contribution is 2.50. The van der Waals surface area contributed by atoms with E-state index in [9.17, 15) is 0 Å². The maximum Gasteiger partial charge on any atom is 0.164 e. The van der Waals surface area contributed by atoms with Gasteiger partial charge in [0.15, 0.2) is 17.5 Å². The zero-order valence-electron chi connectivity index (χ0n) is 33.9. The van der Waals surface area contributed by atoms with E-state index in [1.54, 1.807) is 0 Å². The van der Waals surface area contributed by atoms with E-state index in [1.165, 1.54) is 66.5 Å². The molecule has 4 nitrogen and oxygen atoms in total. The summed E-state index contributed by atoms with van der Waals surface area (Å²) in [5.74, 6) is 1.93. The first-order valence-corrected chi connectivity index (χ1v) is 20.7. The monoisotopic (exact) mass is 760 g/mol. The lowest BCUT2D eigenvalue weighted by atomic mass is 9.63. The Hall–Kier alpha value is -6.91. The molecule has 284 valence electrons. The van der Waals surface area contributed by atoms with Crippen molar-refractivity contribution in [2.24, 2.45) is 0 Å². The summed E-state index contributed by atoms with van der Waals surface area (Å²) in [5, 5.41) is 7.66. The number of hydrogen-bond acceptors (Lipinski definition) is 3. The van der Waals surface area contributed by atoms with Crippen LogP contribution in [-0.4, -0.2) is 19.5 Å². The molecule has 0 bridgehead atoms. The van der Waals surface area contributed by atoms with Crippen LogP contribution in [0.15, 0.2) is 170 Å². The van der Waals surface area contributed by atoms with Crippen LogP contribution in [0.2, 0.25) is 0 Å². The average Bonchev–Trinajstić information content (AvgIpc) is 3.63. The van der Waals surface area contributed by atoms with Crippen molar-refractivity contribution in [2.45, 2.75) is 51.4 Å². The lowest BCUT2D eigenvalue weighted by Gasteiger charge is -2.42. The average molecular weight is 761 g/mol. The van der Waals surface area contributed by atoms with Crippen molar-refractivity contribution in [3.05, 3.63) is 181 Å². The molecule has 11 rings (SSSR count). The molecule has 1 aliphatic carbocycles. The van der Waals surface area contributed by atoms with E-state index in [2.05, 4.69) is 178 Å². The maximum atomic E-state index is 5.20. The van der Waals surface area contributed by atoms with Gasteiger partial charge in [-0.3, -0.25) is 0 Å². The van der Waals surface area contributed by atoms with Gasteiger partial charge in [0, 0.05) is 38.5 Å². The molecule has 0 aliphatic heterocycles. The van der Waals surface area contributed by atoms with Gasteiger partial charge in [-0.15, -0.1) is 0 Å². The third kappa shape index (κ3) is 5.77. The van der Waals surface area contributed by atoms with Crippen LogP contribution in [0.4, 0.5) is 0 Å². The Kier molecular flexibility index (Phi) is 7.96. The maximum absolute atomic E-state index is 5.20. The summed E-state index contributed by atoms with van der Waals surface area (Å²) < 4.78 is 2.52. The van der Waals surface area contributed by atoms with E-state index in [1.807, 2.05) is 24.3 Å². The first-order chi connectivity index (χ1) is 28.7. The molecule has 0 saturated carbocycles. The summed E-state index contributed by atoms with van der Waals surface area (Å²) in [6.45, 7) is 9.69. The van der Waals surface area contributed by atoms with Gasteiger partial charge in [-0.25, -0.2) is 15.0 Å². The molecular weight excluding hydrogens is 717 g/mol. The van der Waals surface area contributed by atoms with Crippen molar-refractivity contribution in [3.63, 3.8) is 0 Å². The standard InChI is InChI=1S/C55H44N4/c1-54(2)30-31-55(3,4)47-34-48-45(33-46(47)54)49-43-24-13-11-22-41(43)42-23-12-14-25-44(42)50(49)59(48)40-21-15-20-39(32-40)53-57-51(37-18-9-6-10-19-37)56-52(58-53)38-28-26-36(27-29-38)35-16-7-5-8-17-35/h5-29,32-34H,30-31H2,1-4H3. The molecule has 59 heavy (non-hydrogen) atoms. The molecule has 0 N–H and O–H groups in total. The van der Waals surface area contributed by atoms with Crippen LogP contribution in [0.1, 0.15) is 51.7 Å². The third-order valence-electron chi connectivity index (χ3n) is 12.9. The Morgan fingerprint density at radius 1 is 0.390 bits per heavy atom. The summed E-state index contributed by atoms with van der Waals surface area (Å²) in [5.41, 5.74) is 11.7. The summed E-state index contributed by atoms with van der Waals surface area (Å²) >= 11 is 0. The van der Waals surface area contributed by atoms with Gasteiger partial charge in [-0.1, -0.05) is 173 Å². The molecule has 10 aromatic rings. The molecule has 8 aromatic carbocycles. The minimum atomic E-state index is 0.0563. The van der Waals surface area contributed by atoms with Gasteiger partial charge in [0.05, 0.1) is 11.0 Å². The summed E-state index contributed by atoms with van der Waals surface area (Å²) in [6, 6.07) is 60.9. The predicted octanol–water partition coefficient (Wildman–Crippen LogP) is 14.3. The molecule has 2 aromatic heterocycles. The SMILES string of the molecule is CC1(C)CCC(C)(C)c2cc3c(cc21)c1c2ccccc2c2ccccc2c1n3-c1cccc(-c2nc(-c3ccccc3)nc(-c3ccc(-c4ccccc4)cc3)n2)c1. The van der Waals surface area contributed by atoms with E-state index in [0.717, 1.165) is 34.4 Å². The van der Waals surface area contributed by atoms with Crippen molar-refractivity contribution >= 4 is 43.4 Å². The second kappa shape index (κ2) is 13.3. The molecule has 0 unspecified atom stereocenters. The summed E-state index contributed by atoms with van der Waals surface area (Å²) in [7, 11) is 0. The number of benzene rings is 8. The van der Waals surface area contributed by atoms with Crippen molar-refractivity contribution in [1.82, 2.24) is 19.5 Å². The lowest BCUT2D eigenvalue weighted by molar-refractivity contribution is 0.332. The number of hydrogen-bond donors (Lipinski definition) is 0. The molecule has 4 heteroatoms. The van der Waals surface area contributed by atoms with Crippen LogP contribution in [0, 0.1) is 0 Å². The van der Waals surface area contributed by atoms with E-state index >= 15 is 0 Å². The Labute approximate surface area is 344 Å². The van der Waals surface area contributed by atoms with Crippen molar-refractivity contribution in [2.75, 3.05) is 0 Å². The smallest absolute Gasteiger partial charge is 0.164 e. The normalized spacial score (nSPS) is 14.6. The Morgan fingerprint density at radius 2 is 0.847 bits per heavy atom. The van der Waals surface area contributed by atoms with Crippen molar-refractivity contribution in [3.8, 4) is 51.0 Å². The van der Waals surface area contributed by atoms with E-state index in [-0.39, 0.29) is 10.8 Å². The summed E-state index contributed by atoms with van der Waals surface area (Å²) in [6.07, 6.45) is 2.32. The van der Waals surface area contributed by atoms with Crippen molar-refractivity contribution in [1.29, 1.82) is 0 Å². The van der Waals surface area contributed by atoms with Gasteiger partial charge >= 0.3 is 0 Å². The molecule has 0 fully saturated rings. The number of nitrogens with zero attached hydrogens (tertiary/aromatic N) is 4. The second-order valence-corrected chi connectivity index (χ2v) is 17.5. The fraction of sp³-hybridized carbons (Fsp3) is 0.145. The van der Waals surface area contributed by atoms with E-state index in [0.29, 0.717) is 17.5 Å². The van der Waals surface area contributed by atoms with Crippen molar-refractivity contribution < 1.29 is 0 Å². The summed E-state index contributed by atoms with van der Waals surface area (Å²) in [4.78, 5) is 15.4. The molecule has 0 radical (unpaired) electrons. The minimum absolute atomic E-state index is 0.0563. The first kappa shape index (κ1) is 35.3. The second-order valence-electron chi connectivity index (χ2n) is 17.5. The molecule has 2 heterocycles. The van der Waals surface area contributed by atoms with Gasteiger partial charge in [0.25, 0.3) is 0 Å². The highest BCUT2D eigenvalue weighted by atomic mass is 15.0. The first-order valence-electron chi connectivity index (χ1n) is 20.7. The predicted molar refractivity (Wildman–Crippen MR) is 246 cm³/mol. The van der Waals surface area contributed by atoms with Crippen LogP contribution < -0.4 is 0 Å². The number of aromatic nitrogens is 4. The van der Waals surface area contributed by atoms with E-state index in [4.69, 9.17) is 15.0 Å². The quantitative estimate of drug-likeness (QED) is 0.164. The van der Waals surface area contributed by atoms with Gasteiger partial charge in [0.2, 0.25) is 0 Å². The van der Waals surface area contributed by atoms with Crippen LogP contribution in [0.5, 0.6) is 0 Å². The minimum Gasteiger partial charge on any atom is -0.309 e. The fourth-order valence-corrected chi connectivity index (χ4v) is 9.58. The lowest BCUT2D eigenvalue weighted by Crippen LogP contribution is -2.33. The fourth-order valence-electron chi connectivity index (χ4n) is 9.58. The van der Waals surface area contributed by atoms with Crippen LogP contribution >= 0.6 is 0 Å². The molecule has 0 saturated heterocycles. The topological polar surface area (TPSA) is 43.6 Å². The van der Waals surface area contributed by atoms with Gasteiger partial charge in [-0.05, 0) is 86.3 Å². The number of rotatable bonds is 5. The Bertz CT molecular complexity index is 3250. The molecule has 0 spiro atoms. The highest BCUT2D eigenvalue weighted by Gasteiger charge is 2.38. The number of fused-ring (bicyclic) bond motifs is 9. The van der Waals surface area contributed by atoms with Crippen LogP contribution in [-0.2, 0) is 10.8 Å². The van der Waals surface area contributed by atoms with Gasteiger partial charge in [0.1, 0.15) is 0 Å². The zero-order chi connectivity index (χ0) is 39.9. The molecule has 0 amide bonds. The van der Waals surface area contributed by atoms with Crippen LogP contribution in [0.25, 0.3) is 94.3 Å². The van der Waals surface area contributed by atoms with Crippen LogP contribution in [0.3, 0.4) is 0 Å². The molecular formula is C55H44N4.